The Kier molecular flexibility index (Phi) is 4.83. The Morgan fingerprint density at radius 3 is 2.18 bits per heavy atom. The molecule has 0 unspecified atom stereocenters. The lowest BCUT2D eigenvalue weighted by Gasteiger charge is -2.12. The molecular weight excluding hydrogens is 372 g/mol. The summed E-state index contributed by atoms with van der Waals surface area (Å²) in [7, 11) is 3.10. The molecule has 0 bridgehead atoms. The minimum atomic E-state index is -0.408. The number of hydrogen-bond donors (Lipinski definition) is 0. The molecule has 0 amide bonds. The Morgan fingerprint density at radius 1 is 0.857 bits per heavy atom. The average molecular weight is 390 g/mol. The second-order valence-corrected chi connectivity index (χ2v) is 7.36. The van der Waals surface area contributed by atoms with Crippen LogP contribution in [0.25, 0.3) is 22.4 Å². The highest BCUT2D eigenvalue weighted by molar-refractivity contribution is 7.98. The van der Waals surface area contributed by atoms with Crippen LogP contribution in [0.5, 0.6) is 0 Å². The molecule has 140 valence electrons. The summed E-state index contributed by atoms with van der Waals surface area (Å²) in [6, 6.07) is 19.5. The van der Waals surface area contributed by atoms with Crippen LogP contribution in [-0.4, -0.2) is 19.1 Å². The summed E-state index contributed by atoms with van der Waals surface area (Å²) < 4.78 is 2.50. The standard InChI is InChI=1S/C21H18N4O2S/c1-24-18-16(20(26)25(2)21(24)27)19(28-13-14-9-5-3-6-10-14)23-17(22-18)15-11-7-4-8-12-15/h3-12H,13H2,1-2H3. The minimum Gasteiger partial charge on any atom is -0.280 e. The maximum atomic E-state index is 12.8. The van der Waals surface area contributed by atoms with Crippen molar-refractivity contribution in [3.8, 4) is 11.4 Å². The van der Waals surface area contributed by atoms with Crippen LogP contribution in [-0.2, 0) is 19.8 Å². The molecule has 2 heterocycles. The van der Waals surface area contributed by atoms with Crippen LogP contribution in [0.2, 0.25) is 0 Å². The summed E-state index contributed by atoms with van der Waals surface area (Å²) in [5, 5.41) is 0.939. The van der Waals surface area contributed by atoms with Crippen LogP contribution in [0.3, 0.4) is 0 Å². The fourth-order valence-corrected chi connectivity index (χ4v) is 3.95. The predicted molar refractivity (Wildman–Crippen MR) is 111 cm³/mol. The summed E-state index contributed by atoms with van der Waals surface area (Å²) in [5.41, 5.74) is 1.52. The number of benzene rings is 2. The first-order valence-electron chi connectivity index (χ1n) is 8.76. The van der Waals surface area contributed by atoms with Gasteiger partial charge in [-0.1, -0.05) is 60.7 Å². The molecule has 4 aromatic rings. The lowest BCUT2D eigenvalue weighted by atomic mass is 10.2. The third-order valence-corrected chi connectivity index (χ3v) is 5.56. The monoisotopic (exact) mass is 390 g/mol. The van der Waals surface area contributed by atoms with E-state index < -0.39 is 5.69 Å². The van der Waals surface area contributed by atoms with Crippen LogP contribution in [0, 0.1) is 0 Å². The number of aryl methyl sites for hydroxylation is 1. The molecule has 0 N–H and O–H groups in total. The molecule has 0 saturated carbocycles. The van der Waals surface area contributed by atoms with E-state index in [2.05, 4.69) is 9.97 Å². The third-order valence-electron chi connectivity index (χ3n) is 4.52. The van der Waals surface area contributed by atoms with E-state index in [0.717, 1.165) is 15.7 Å². The number of nitrogens with zero attached hydrogens (tertiary/aromatic N) is 4. The molecule has 6 nitrogen and oxygen atoms in total. The Morgan fingerprint density at radius 2 is 1.50 bits per heavy atom. The van der Waals surface area contributed by atoms with Crippen molar-refractivity contribution in [1.29, 1.82) is 0 Å². The molecule has 0 fully saturated rings. The predicted octanol–water partition coefficient (Wildman–Crippen LogP) is 2.99. The minimum absolute atomic E-state index is 0.345. The second-order valence-electron chi connectivity index (χ2n) is 6.40. The van der Waals surface area contributed by atoms with E-state index in [1.807, 2.05) is 60.7 Å². The summed E-state index contributed by atoms with van der Waals surface area (Å²) in [4.78, 5) is 34.5. The molecule has 28 heavy (non-hydrogen) atoms. The van der Waals surface area contributed by atoms with E-state index in [1.54, 1.807) is 7.05 Å². The van der Waals surface area contributed by atoms with E-state index in [0.29, 0.717) is 27.6 Å². The van der Waals surface area contributed by atoms with E-state index in [9.17, 15) is 9.59 Å². The molecular formula is C21H18N4O2S. The zero-order chi connectivity index (χ0) is 19.7. The molecule has 7 heteroatoms. The SMILES string of the molecule is Cn1c(=O)c2c(SCc3ccccc3)nc(-c3ccccc3)nc2n(C)c1=O. The van der Waals surface area contributed by atoms with Gasteiger partial charge in [-0.15, -0.1) is 11.8 Å². The molecule has 0 spiro atoms. The summed E-state index contributed by atoms with van der Waals surface area (Å²) in [6.07, 6.45) is 0. The highest BCUT2D eigenvalue weighted by Crippen LogP contribution is 2.28. The van der Waals surface area contributed by atoms with Crippen molar-refractivity contribution in [3.63, 3.8) is 0 Å². The molecule has 0 atom stereocenters. The summed E-state index contributed by atoms with van der Waals surface area (Å²) >= 11 is 1.47. The van der Waals surface area contributed by atoms with Crippen molar-refractivity contribution >= 4 is 22.8 Å². The second kappa shape index (κ2) is 7.44. The van der Waals surface area contributed by atoms with E-state index >= 15 is 0 Å². The summed E-state index contributed by atoms with van der Waals surface area (Å²) in [6.45, 7) is 0. The van der Waals surface area contributed by atoms with Crippen LogP contribution >= 0.6 is 11.8 Å². The van der Waals surface area contributed by atoms with Crippen molar-refractivity contribution in [2.75, 3.05) is 0 Å². The van der Waals surface area contributed by atoms with Gasteiger partial charge in [-0.25, -0.2) is 14.8 Å². The molecule has 0 radical (unpaired) electrons. The van der Waals surface area contributed by atoms with Gasteiger partial charge in [0, 0.05) is 25.4 Å². The van der Waals surface area contributed by atoms with Gasteiger partial charge in [0.2, 0.25) is 0 Å². The number of hydrogen-bond acceptors (Lipinski definition) is 5. The van der Waals surface area contributed by atoms with E-state index in [-0.39, 0.29) is 5.56 Å². The molecule has 0 aliphatic heterocycles. The first-order chi connectivity index (χ1) is 13.6. The first-order valence-corrected chi connectivity index (χ1v) is 9.74. The van der Waals surface area contributed by atoms with Gasteiger partial charge in [-0.3, -0.25) is 13.9 Å². The van der Waals surface area contributed by atoms with Crippen LogP contribution in [0.1, 0.15) is 5.56 Å². The lowest BCUT2D eigenvalue weighted by molar-refractivity contribution is 0.703. The van der Waals surface area contributed by atoms with Gasteiger partial charge in [0.25, 0.3) is 5.56 Å². The maximum Gasteiger partial charge on any atom is 0.332 e. The van der Waals surface area contributed by atoms with Crippen LogP contribution < -0.4 is 11.2 Å². The zero-order valence-electron chi connectivity index (χ0n) is 15.5. The molecule has 0 aliphatic rings. The van der Waals surface area contributed by atoms with E-state index in [1.165, 1.54) is 23.4 Å². The number of thioether (sulfide) groups is 1. The Balaban J connectivity index is 1.94. The van der Waals surface area contributed by atoms with Crippen molar-refractivity contribution in [2.24, 2.45) is 14.1 Å². The van der Waals surface area contributed by atoms with Crippen molar-refractivity contribution < 1.29 is 0 Å². The zero-order valence-corrected chi connectivity index (χ0v) is 16.3. The fourth-order valence-electron chi connectivity index (χ4n) is 2.98. The summed E-state index contributed by atoms with van der Waals surface area (Å²) in [5.74, 6) is 1.15. The third kappa shape index (κ3) is 3.25. The van der Waals surface area contributed by atoms with Gasteiger partial charge in [-0.05, 0) is 5.56 Å². The van der Waals surface area contributed by atoms with Crippen LogP contribution in [0.4, 0.5) is 0 Å². The molecule has 0 aliphatic carbocycles. The van der Waals surface area contributed by atoms with Gasteiger partial charge in [0.05, 0.1) is 0 Å². The Labute approximate surface area is 165 Å². The molecule has 2 aromatic heterocycles. The van der Waals surface area contributed by atoms with Crippen LogP contribution in [0.15, 0.2) is 75.3 Å². The fraction of sp³-hybridized carbons (Fsp3) is 0.143. The Bertz CT molecular complexity index is 1270. The topological polar surface area (TPSA) is 69.8 Å². The van der Waals surface area contributed by atoms with Crippen molar-refractivity contribution in [2.45, 2.75) is 10.8 Å². The highest BCUT2D eigenvalue weighted by Gasteiger charge is 2.18. The van der Waals surface area contributed by atoms with Gasteiger partial charge < -0.3 is 0 Å². The first kappa shape index (κ1) is 18.2. The quantitative estimate of drug-likeness (QED) is 0.396. The number of fused-ring (bicyclic) bond motifs is 1. The average Bonchev–Trinajstić information content (AvgIpc) is 2.75. The van der Waals surface area contributed by atoms with Crippen molar-refractivity contribution in [1.82, 2.24) is 19.1 Å². The number of aromatic nitrogens is 4. The number of rotatable bonds is 4. The van der Waals surface area contributed by atoms with Gasteiger partial charge in [0.1, 0.15) is 10.4 Å². The smallest absolute Gasteiger partial charge is 0.280 e. The Hall–Kier alpha value is -3.19. The van der Waals surface area contributed by atoms with Gasteiger partial charge in [-0.2, -0.15) is 0 Å². The molecule has 2 aromatic carbocycles. The lowest BCUT2D eigenvalue weighted by Crippen LogP contribution is -2.37. The largest absolute Gasteiger partial charge is 0.332 e. The van der Waals surface area contributed by atoms with Gasteiger partial charge >= 0.3 is 5.69 Å². The molecule has 4 rings (SSSR count). The highest BCUT2D eigenvalue weighted by atomic mass is 32.2. The van der Waals surface area contributed by atoms with E-state index in [4.69, 9.17) is 0 Å². The maximum absolute atomic E-state index is 12.8. The van der Waals surface area contributed by atoms with Gasteiger partial charge in [0.15, 0.2) is 11.5 Å². The normalized spacial score (nSPS) is 11.1. The molecule has 0 saturated heterocycles. The van der Waals surface area contributed by atoms with Crippen molar-refractivity contribution in [3.05, 3.63) is 87.1 Å².